The fourth-order valence-electron chi connectivity index (χ4n) is 2.71. The summed E-state index contributed by atoms with van der Waals surface area (Å²) in [6.45, 7) is 4.83. The SMILES string of the molecule is CC1(C)CCC(O)(CNC(=O)CCc2ccccn2)CC1. The molecular weight excluding hydrogens is 264 g/mol. The molecule has 0 saturated heterocycles. The van der Waals surface area contributed by atoms with Gasteiger partial charge in [0.05, 0.1) is 5.60 Å². The molecule has 116 valence electrons. The van der Waals surface area contributed by atoms with Gasteiger partial charge in [-0.1, -0.05) is 19.9 Å². The van der Waals surface area contributed by atoms with Gasteiger partial charge in [-0.05, 0) is 49.7 Å². The molecule has 0 unspecified atom stereocenters. The summed E-state index contributed by atoms with van der Waals surface area (Å²) in [4.78, 5) is 16.1. The Morgan fingerprint density at radius 3 is 2.62 bits per heavy atom. The highest BCUT2D eigenvalue weighted by molar-refractivity contribution is 5.76. The molecule has 1 saturated carbocycles. The minimum absolute atomic E-state index is 0.0149. The quantitative estimate of drug-likeness (QED) is 0.875. The Hall–Kier alpha value is -1.42. The van der Waals surface area contributed by atoms with E-state index in [-0.39, 0.29) is 5.91 Å². The van der Waals surface area contributed by atoms with Crippen molar-refractivity contribution >= 4 is 5.91 Å². The number of nitrogens with zero attached hydrogens (tertiary/aromatic N) is 1. The van der Waals surface area contributed by atoms with Crippen molar-refractivity contribution in [2.75, 3.05) is 6.54 Å². The van der Waals surface area contributed by atoms with Crippen molar-refractivity contribution in [3.8, 4) is 0 Å². The molecule has 21 heavy (non-hydrogen) atoms. The number of pyridine rings is 1. The van der Waals surface area contributed by atoms with Crippen molar-refractivity contribution in [2.45, 2.75) is 58.0 Å². The summed E-state index contributed by atoms with van der Waals surface area (Å²) in [5.74, 6) is -0.0149. The van der Waals surface area contributed by atoms with Gasteiger partial charge < -0.3 is 10.4 Å². The fraction of sp³-hybridized carbons (Fsp3) is 0.647. The van der Waals surface area contributed by atoms with E-state index < -0.39 is 5.60 Å². The molecule has 1 aliphatic carbocycles. The molecule has 0 bridgehead atoms. The van der Waals surface area contributed by atoms with Crippen molar-refractivity contribution in [1.82, 2.24) is 10.3 Å². The standard InChI is InChI=1S/C17H26N2O2/c1-16(2)8-10-17(21,11-9-16)13-19-15(20)7-6-14-5-3-4-12-18-14/h3-5,12,21H,6-11,13H2,1-2H3,(H,19,20). The number of carbonyl (C=O) groups is 1. The normalized spacial score (nSPS) is 20.0. The average Bonchev–Trinajstić information content (AvgIpc) is 2.48. The van der Waals surface area contributed by atoms with Crippen molar-refractivity contribution in [1.29, 1.82) is 0 Å². The van der Waals surface area contributed by atoms with E-state index in [0.29, 0.717) is 24.8 Å². The first-order valence-electron chi connectivity index (χ1n) is 7.78. The Bertz CT molecular complexity index is 461. The molecule has 0 aliphatic heterocycles. The third-order valence-electron chi connectivity index (χ3n) is 4.48. The number of hydrogen-bond acceptors (Lipinski definition) is 3. The Balaban J connectivity index is 1.71. The molecule has 4 heteroatoms. The molecule has 1 aromatic rings. The third kappa shape index (κ3) is 5.12. The van der Waals surface area contributed by atoms with Crippen LogP contribution in [-0.2, 0) is 11.2 Å². The summed E-state index contributed by atoms with van der Waals surface area (Å²) >= 11 is 0. The predicted molar refractivity (Wildman–Crippen MR) is 82.8 cm³/mol. The minimum atomic E-state index is -0.726. The molecule has 1 aromatic heterocycles. The maximum atomic E-state index is 11.9. The van der Waals surface area contributed by atoms with Crippen LogP contribution in [0, 0.1) is 5.41 Å². The maximum absolute atomic E-state index is 11.9. The lowest BCUT2D eigenvalue weighted by atomic mass is 9.71. The Kier molecular flexibility index (Phi) is 4.99. The van der Waals surface area contributed by atoms with E-state index in [0.717, 1.165) is 31.4 Å². The first kappa shape index (κ1) is 16.0. The van der Waals surface area contributed by atoms with Crippen LogP contribution in [0.2, 0.25) is 0 Å². The summed E-state index contributed by atoms with van der Waals surface area (Å²) in [7, 11) is 0. The smallest absolute Gasteiger partial charge is 0.220 e. The van der Waals surface area contributed by atoms with Gasteiger partial charge in [-0.3, -0.25) is 9.78 Å². The molecule has 2 N–H and O–H groups in total. The molecule has 1 heterocycles. The minimum Gasteiger partial charge on any atom is -0.388 e. The molecule has 1 amide bonds. The summed E-state index contributed by atoms with van der Waals surface area (Å²) in [6, 6.07) is 5.71. The molecule has 1 aliphatic rings. The van der Waals surface area contributed by atoms with E-state index in [1.165, 1.54) is 0 Å². The molecule has 0 aromatic carbocycles. The van der Waals surface area contributed by atoms with Gasteiger partial charge in [0.15, 0.2) is 0 Å². The van der Waals surface area contributed by atoms with Gasteiger partial charge >= 0.3 is 0 Å². The average molecular weight is 290 g/mol. The van der Waals surface area contributed by atoms with Crippen molar-refractivity contribution in [3.63, 3.8) is 0 Å². The van der Waals surface area contributed by atoms with E-state index in [1.807, 2.05) is 18.2 Å². The van der Waals surface area contributed by atoms with Gasteiger partial charge in [-0.25, -0.2) is 0 Å². The largest absolute Gasteiger partial charge is 0.388 e. The van der Waals surface area contributed by atoms with E-state index in [2.05, 4.69) is 24.1 Å². The summed E-state index contributed by atoms with van der Waals surface area (Å²) < 4.78 is 0. The summed E-state index contributed by atoms with van der Waals surface area (Å²) in [5.41, 5.74) is 0.511. The Labute approximate surface area is 127 Å². The molecule has 0 spiro atoms. The highest BCUT2D eigenvalue weighted by Crippen LogP contribution is 2.39. The zero-order valence-electron chi connectivity index (χ0n) is 13.1. The highest BCUT2D eigenvalue weighted by Gasteiger charge is 2.36. The van der Waals surface area contributed by atoms with Crippen LogP contribution in [0.25, 0.3) is 0 Å². The van der Waals surface area contributed by atoms with Gasteiger partial charge in [-0.2, -0.15) is 0 Å². The number of aryl methyl sites for hydroxylation is 1. The number of hydrogen-bond donors (Lipinski definition) is 2. The molecule has 2 rings (SSSR count). The number of aliphatic hydroxyl groups is 1. The second-order valence-corrected chi connectivity index (χ2v) is 6.99. The van der Waals surface area contributed by atoms with Crippen LogP contribution >= 0.6 is 0 Å². The van der Waals surface area contributed by atoms with Crippen LogP contribution in [0.4, 0.5) is 0 Å². The van der Waals surface area contributed by atoms with Crippen LogP contribution in [0.3, 0.4) is 0 Å². The molecule has 1 fully saturated rings. The van der Waals surface area contributed by atoms with E-state index in [1.54, 1.807) is 6.20 Å². The van der Waals surface area contributed by atoms with E-state index in [4.69, 9.17) is 0 Å². The second kappa shape index (κ2) is 6.56. The number of aromatic nitrogens is 1. The summed E-state index contributed by atoms with van der Waals surface area (Å²) in [5, 5.41) is 13.4. The maximum Gasteiger partial charge on any atom is 0.220 e. The van der Waals surface area contributed by atoms with E-state index >= 15 is 0 Å². The molecular formula is C17H26N2O2. The van der Waals surface area contributed by atoms with Gasteiger partial charge in [0.2, 0.25) is 5.91 Å². The lowest BCUT2D eigenvalue weighted by Crippen LogP contribution is -2.46. The Morgan fingerprint density at radius 2 is 2.00 bits per heavy atom. The van der Waals surface area contributed by atoms with Crippen molar-refractivity contribution in [2.24, 2.45) is 5.41 Å². The zero-order chi connectivity index (χ0) is 15.3. The first-order chi connectivity index (χ1) is 9.89. The fourth-order valence-corrected chi connectivity index (χ4v) is 2.71. The van der Waals surface area contributed by atoms with Crippen LogP contribution in [-0.4, -0.2) is 28.1 Å². The molecule has 0 radical (unpaired) electrons. The van der Waals surface area contributed by atoms with Crippen LogP contribution < -0.4 is 5.32 Å². The highest BCUT2D eigenvalue weighted by atomic mass is 16.3. The number of carbonyl (C=O) groups excluding carboxylic acids is 1. The number of amides is 1. The molecule has 0 atom stereocenters. The van der Waals surface area contributed by atoms with Gasteiger partial charge in [-0.15, -0.1) is 0 Å². The first-order valence-corrected chi connectivity index (χ1v) is 7.78. The Morgan fingerprint density at radius 1 is 1.29 bits per heavy atom. The van der Waals surface area contributed by atoms with Gasteiger partial charge in [0, 0.05) is 24.9 Å². The van der Waals surface area contributed by atoms with Crippen LogP contribution in [0.15, 0.2) is 24.4 Å². The topological polar surface area (TPSA) is 62.2 Å². The zero-order valence-corrected chi connectivity index (χ0v) is 13.1. The van der Waals surface area contributed by atoms with Crippen LogP contribution in [0.5, 0.6) is 0 Å². The second-order valence-electron chi connectivity index (χ2n) is 6.99. The number of nitrogens with one attached hydrogen (secondary N) is 1. The lowest BCUT2D eigenvalue weighted by molar-refractivity contribution is -0.123. The lowest BCUT2D eigenvalue weighted by Gasteiger charge is -2.40. The summed E-state index contributed by atoms with van der Waals surface area (Å²) in [6.07, 6.45) is 6.33. The van der Waals surface area contributed by atoms with Gasteiger partial charge in [0.1, 0.15) is 0 Å². The van der Waals surface area contributed by atoms with Crippen LogP contribution in [0.1, 0.15) is 51.6 Å². The van der Waals surface area contributed by atoms with E-state index in [9.17, 15) is 9.90 Å². The third-order valence-corrected chi connectivity index (χ3v) is 4.48. The predicted octanol–water partition coefficient (Wildman–Crippen LogP) is 2.46. The molecule has 4 nitrogen and oxygen atoms in total. The van der Waals surface area contributed by atoms with Crippen molar-refractivity contribution < 1.29 is 9.90 Å². The number of rotatable bonds is 5. The van der Waals surface area contributed by atoms with Crippen molar-refractivity contribution in [3.05, 3.63) is 30.1 Å². The monoisotopic (exact) mass is 290 g/mol. The van der Waals surface area contributed by atoms with Gasteiger partial charge in [0.25, 0.3) is 0 Å².